The number of benzene rings is 2. The number of amides is 1. The normalized spacial score (nSPS) is 17.2. The molecule has 1 aliphatic heterocycles. The molecule has 176 valence electrons. The standard InChI is InChI=1S/C26H31NO6/c1-3-31-23(28)26(24(29)32-4-2)16-11-17-27(22(26)18-20-12-7-5-8-13-20)25(30)33-19-21-14-9-6-10-15-21/h5-10,12-15,22H,3-4,11,16-19H2,1-2H3. The van der Waals surface area contributed by atoms with Gasteiger partial charge >= 0.3 is 18.0 Å². The third kappa shape index (κ3) is 5.53. The number of hydrogen-bond donors (Lipinski definition) is 0. The van der Waals surface area contributed by atoms with Crippen LogP contribution in [0.15, 0.2) is 60.7 Å². The fourth-order valence-corrected chi connectivity index (χ4v) is 4.34. The van der Waals surface area contributed by atoms with Crippen molar-refractivity contribution < 1.29 is 28.6 Å². The van der Waals surface area contributed by atoms with E-state index in [2.05, 4.69) is 0 Å². The van der Waals surface area contributed by atoms with E-state index in [1.165, 1.54) is 4.90 Å². The molecule has 1 heterocycles. The van der Waals surface area contributed by atoms with Gasteiger partial charge in [0.15, 0.2) is 5.41 Å². The van der Waals surface area contributed by atoms with Gasteiger partial charge in [-0.1, -0.05) is 60.7 Å². The molecule has 0 spiro atoms. The van der Waals surface area contributed by atoms with Gasteiger partial charge in [0, 0.05) is 6.54 Å². The van der Waals surface area contributed by atoms with Crippen LogP contribution >= 0.6 is 0 Å². The molecule has 33 heavy (non-hydrogen) atoms. The highest BCUT2D eigenvalue weighted by atomic mass is 16.6. The van der Waals surface area contributed by atoms with Gasteiger partial charge in [0.1, 0.15) is 6.61 Å². The van der Waals surface area contributed by atoms with Crippen molar-refractivity contribution in [1.82, 2.24) is 4.90 Å². The molecule has 0 aromatic heterocycles. The van der Waals surface area contributed by atoms with Gasteiger partial charge < -0.3 is 19.1 Å². The van der Waals surface area contributed by atoms with Crippen molar-refractivity contribution in [3.63, 3.8) is 0 Å². The molecule has 0 radical (unpaired) electrons. The summed E-state index contributed by atoms with van der Waals surface area (Å²) in [6.07, 6.45) is 0.407. The first-order valence-electron chi connectivity index (χ1n) is 11.4. The lowest BCUT2D eigenvalue weighted by Gasteiger charge is -2.45. The number of piperidine rings is 1. The molecular formula is C26H31NO6. The van der Waals surface area contributed by atoms with E-state index in [-0.39, 0.29) is 26.2 Å². The molecule has 3 rings (SSSR count). The minimum Gasteiger partial charge on any atom is -0.465 e. The maximum Gasteiger partial charge on any atom is 0.410 e. The average molecular weight is 454 g/mol. The van der Waals surface area contributed by atoms with E-state index in [0.717, 1.165) is 11.1 Å². The van der Waals surface area contributed by atoms with Gasteiger partial charge in [0.2, 0.25) is 0 Å². The predicted molar refractivity (Wildman–Crippen MR) is 122 cm³/mol. The zero-order chi connectivity index (χ0) is 23.7. The molecule has 0 aliphatic carbocycles. The van der Waals surface area contributed by atoms with E-state index in [9.17, 15) is 14.4 Å². The van der Waals surface area contributed by atoms with Gasteiger partial charge in [-0.2, -0.15) is 0 Å². The lowest BCUT2D eigenvalue weighted by Crippen LogP contribution is -2.62. The lowest BCUT2D eigenvalue weighted by atomic mass is 9.70. The SMILES string of the molecule is CCOC(=O)C1(C(=O)OCC)CCCN(C(=O)OCc2ccccc2)C1Cc1ccccc1. The largest absolute Gasteiger partial charge is 0.465 e. The maximum atomic E-state index is 13.3. The fourth-order valence-electron chi connectivity index (χ4n) is 4.34. The third-order valence-corrected chi connectivity index (χ3v) is 5.91. The van der Waals surface area contributed by atoms with E-state index in [4.69, 9.17) is 14.2 Å². The van der Waals surface area contributed by atoms with E-state index < -0.39 is 29.5 Å². The number of carbonyl (C=O) groups is 3. The van der Waals surface area contributed by atoms with Crippen LogP contribution in [0.25, 0.3) is 0 Å². The number of rotatable bonds is 8. The third-order valence-electron chi connectivity index (χ3n) is 5.91. The first-order chi connectivity index (χ1) is 16.0. The second-order valence-electron chi connectivity index (χ2n) is 7.95. The molecule has 1 atom stereocenters. The molecule has 1 unspecified atom stereocenters. The van der Waals surface area contributed by atoms with Crippen LogP contribution in [0.1, 0.15) is 37.8 Å². The lowest BCUT2D eigenvalue weighted by molar-refractivity contribution is -0.181. The second kappa shape index (κ2) is 11.5. The quantitative estimate of drug-likeness (QED) is 0.339. The summed E-state index contributed by atoms with van der Waals surface area (Å²) < 4.78 is 16.3. The Morgan fingerprint density at radius 1 is 0.848 bits per heavy atom. The molecule has 7 nitrogen and oxygen atoms in total. The summed E-state index contributed by atoms with van der Waals surface area (Å²) in [5.41, 5.74) is 0.124. The Bertz CT molecular complexity index is 912. The van der Waals surface area contributed by atoms with Crippen molar-refractivity contribution in [1.29, 1.82) is 0 Å². The van der Waals surface area contributed by atoms with Crippen LogP contribution in [0.2, 0.25) is 0 Å². The number of hydrogen-bond acceptors (Lipinski definition) is 6. The second-order valence-corrected chi connectivity index (χ2v) is 7.95. The predicted octanol–water partition coefficient (Wildman–Crippen LogP) is 4.14. The van der Waals surface area contributed by atoms with Crippen molar-refractivity contribution in [2.24, 2.45) is 5.41 Å². The van der Waals surface area contributed by atoms with Crippen molar-refractivity contribution in [3.05, 3.63) is 71.8 Å². The van der Waals surface area contributed by atoms with Crippen molar-refractivity contribution in [2.45, 2.75) is 45.8 Å². The first-order valence-corrected chi connectivity index (χ1v) is 11.4. The van der Waals surface area contributed by atoms with Gasteiger partial charge in [-0.25, -0.2) is 4.79 Å². The number of likely N-dealkylation sites (tertiary alicyclic amines) is 1. The van der Waals surface area contributed by atoms with E-state index in [1.807, 2.05) is 60.7 Å². The summed E-state index contributed by atoms with van der Waals surface area (Å²) in [4.78, 5) is 41.3. The summed E-state index contributed by atoms with van der Waals surface area (Å²) in [6.45, 7) is 4.09. The van der Waals surface area contributed by atoms with Crippen LogP contribution in [0.3, 0.4) is 0 Å². The summed E-state index contributed by atoms with van der Waals surface area (Å²) in [5, 5.41) is 0. The Kier molecular flexibility index (Phi) is 8.46. The molecule has 0 N–H and O–H groups in total. The van der Waals surface area contributed by atoms with Crippen LogP contribution in [-0.2, 0) is 36.8 Å². The van der Waals surface area contributed by atoms with Gasteiger partial charge in [0.25, 0.3) is 0 Å². The number of ether oxygens (including phenoxy) is 3. The fraction of sp³-hybridized carbons (Fsp3) is 0.423. The van der Waals surface area contributed by atoms with Gasteiger partial charge in [-0.3, -0.25) is 9.59 Å². The van der Waals surface area contributed by atoms with E-state index >= 15 is 0 Å². The molecule has 1 aliphatic rings. The molecule has 1 amide bonds. The zero-order valence-corrected chi connectivity index (χ0v) is 19.2. The van der Waals surface area contributed by atoms with Crippen molar-refractivity contribution in [3.8, 4) is 0 Å². The van der Waals surface area contributed by atoms with Crippen molar-refractivity contribution in [2.75, 3.05) is 19.8 Å². The Morgan fingerprint density at radius 2 is 1.39 bits per heavy atom. The average Bonchev–Trinajstić information content (AvgIpc) is 2.84. The van der Waals surface area contributed by atoms with E-state index in [0.29, 0.717) is 19.4 Å². The zero-order valence-electron chi connectivity index (χ0n) is 19.2. The van der Waals surface area contributed by atoms with Crippen LogP contribution in [0.4, 0.5) is 4.79 Å². The summed E-state index contributed by atoms with van der Waals surface area (Å²) in [7, 11) is 0. The Hall–Kier alpha value is -3.35. The molecule has 1 fully saturated rings. The summed E-state index contributed by atoms with van der Waals surface area (Å²) >= 11 is 0. The highest BCUT2D eigenvalue weighted by Crippen LogP contribution is 2.41. The summed E-state index contributed by atoms with van der Waals surface area (Å²) in [6, 6.07) is 18.0. The first kappa shape index (κ1) is 24.3. The van der Waals surface area contributed by atoms with Gasteiger partial charge in [-0.05, 0) is 44.2 Å². The topological polar surface area (TPSA) is 82.1 Å². The molecule has 0 bridgehead atoms. The van der Waals surface area contributed by atoms with Crippen LogP contribution in [0.5, 0.6) is 0 Å². The molecule has 0 saturated carbocycles. The van der Waals surface area contributed by atoms with Crippen LogP contribution in [-0.4, -0.2) is 48.7 Å². The molecule has 1 saturated heterocycles. The molecule has 2 aromatic carbocycles. The van der Waals surface area contributed by atoms with Crippen LogP contribution in [0, 0.1) is 5.41 Å². The molecular weight excluding hydrogens is 422 g/mol. The molecule has 7 heteroatoms. The Labute approximate surface area is 194 Å². The van der Waals surface area contributed by atoms with E-state index in [1.54, 1.807) is 13.8 Å². The Morgan fingerprint density at radius 3 is 1.94 bits per heavy atom. The van der Waals surface area contributed by atoms with Gasteiger partial charge in [0.05, 0.1) is 19.3 Å². The highest BCUT2D eigenvalue weighted by Gasteiger charge is 2.59. The minimum absolute atomic E-state index is 0.0973. The Balaban J connectivity index is 1.96. The van der Waals surface area contributed by atoms with Gasteiger partial charge in [-0.15, -0.1) is 0 Å². The van der Waals surface area contributed by atoms with Crippen LogP contribution < -0.4 is 0 Å². The minimum atomic E-state index is -1.62. The number of nitrogens with zero attached hydrogens (tertiary/aromatic N) is 1. The highest BCUT2D eigenvalue weighted by molar-refractivity contribution is 6.01. The molecule has 2 aromatic rings. The number of esters is 2. The smallest absolute Gasteiger partial charge is 0.410 e. The number of carbonyl (C=O) groups excluding carboxylic acids is 3. The van der Waals surface area contributed by atoms with Crippen molar-refractivity contribution >= 4 is 18.0 Å². The maximum absolute atomic E-state index is 13.3. The summed E-state index contributed by atoms with van der Waals surface area (Å²) in [5.74, 6) is -1.32. The monoisotopic (exact) mass is 453 g/mol.